The van der Waals surface area contributed by atoms with Crippen LogP contribution in [0.1, 0.15) is 16.7 Å². The molecule has 3 aromatic carbocycles. The number of sulfonamides is 1. The molecule has 0 unspecified atom stereocenters. The molecule has 0 bridgehead atoms. The van der Waals surface area contributed by atoms with Crippen molar-refractivity contribution in [3.63, 3.8) is 0 Å². The summed E-state index contributed by atoms with van der Waals surface area (Å²) in [6.45, 7) is 1.68. The fourth-order valence-electron chi connectivity index (χ4n) is 3.24. The Kier molecular flexibility index (Phi) is 8.73. The maximum Gasteiger partial charge on any atom is 0.260 e. The van der Waals surface area contributed by atoms with Crippen LogP contribution in [0.5, 0.6) is 11.5 Å². The van der Waals surface area contributed by atoms with Gasteiger partial charge in [-0.3, -0.25) is 9.10 Å². The van der Waals surface area contributed by atoms with Gasteiger partial charge in [0.15, 0.2) is 11.5 Å². The first-order chi connectivity index (χ1) is 16.7. The van der Waals surface area contributed by atoms with Crippen molar-refractivity contribution in [2.75, 3.05) is 24.2 Å². The molecule has 8 nitrogen and oxygen atoms in total. The lowest BCUT2D eigenvalue weighted by molar-refractivity contribution is -0.119. The zero-order valence-electron chi connectivity index (χ0n) is 19.6. The van der Waals surface area contributed by atoms with Crippen molar-refractivity contribution in [2.45, 2.75) is 13.5 Å². The second-order valence-corrected chi connectivity index (χ2v) is 10.0. The van der Waals surface area contributed by atoms with E-state index in [0.717, 1.165) is 16.1 Å². The molecule has 0 fully saturated rings. The molecule has 10 heteroatoms. The van der Waals surface area contributed by atoms with Crippen molar-refractivity contribution >= 4 is 39.4 Å². The largest absolute Gasteiger partial charge is 0.493 e. The topological polar surface area (TPSA) is 97.3 Å². The lowest BCUT2D eigenvalue weighted by Gasteiger charge is -2.23. The summed E-state index contributed by atoms with van der Waals surface area (Å²) in [5.74, 6) is 0.480. The monoisotopic (exact) mass is 515 g/mol. The highest BCUT2D eigenvalue weighted by Crippen LogP contribution is 2.28. The summed E-state index contributed by atoms with van der Waals surface area (Å²) in [4.78, 5) is 12.4. The number of nitrogens with one attached hydrogen (secondary N) is 1. The van der Waals surface area contributed by atoms with Gasteiger partial charge in [-0.25, -0.2) is 13.8 Å². The van der Waals surface area contributed by atoms with Crippen LogP contribution in [-0.2, 0) is 21.4 Å². The normalized spacial score (nSPS) is 11.3. The summed E-state index contributed by atoms with van der Waals surface area (Å²) in [6.07, 6.45) is 2.46. The van der Waals surface area contributed by atoms with E-state index in [1.54, 1.807) is 43.3 Å². The zero-order valence-corrected chi connectivity index (χ0v) is 21.1. The van der Waals surface area contributed by atoms with E-state index in [-0.39, 0.29) is 0 Å². The molecule has 35 heavy (non-hydrogen) atoms. The molecule has 1 N–H and O–H groups in total. The van der Waals surface area contributed by atoms with Gasteiger partial charge in [-0.2, -0.15) is 5.10 Å². The summed E-state index contributed by atoms with van der Waals surface area (Å²) in [5.41, 5.74) is 5.04. The van der Waals surface area contributed by atoms with Crippen molar-refractivity contribution in [2.24, 2.45) is 5.10 Å². The van der Waals surface area contributed by atoms with E-state index in [4.69, 9.17) is 21.1 Å². The molecule has 0 atom stereocenters. The average molecular weight is 516 g/mol. The first kappa shape index (κ1) is 26.1. The van der Waals surface area contributed by atoms with Gasteiger partial charge in [-0.15, -0.1) is 0 Å². The minimum absolute atomic E-state index is 0.367. The van der Waals surface area contributed by atoms with Crippen LogP contribution in [-0.4, -0.2) is 40.4 Å². The third kappa shape index (κ3) is 7.46. The first-order valence-electron chi connectivity index (χ1n) is 10.6. The van der Waals surface area contributed by atoms with Crippen LogP contribution < -0.4 is 19.2 Å². The molecule has 0 aliphatic heterocycles. The molecule has 0 aliphatic carbocycles. The van der Waals surface area contributed by atoms with Crippen molar-refractivity contribution in [3.05, 3.63) is 88.4 Å². The number of anilines is 1. The lowest BCUT2D eigenvalue weighted by atomic mass is 10.2. The van der Waals surface area contributed by atoms with Gasteiger partial charge in [-0.1, -0.05) is 41.9 Å². The van der Waals surface area contributed by atoms with Crippen LogP contribution in [0.25, 0.3) is 0 Å². The maximum atomic E-state index is 12.4. The van der Waals surface area contributed by atoms with Crippen molar-refractivity contribution in [1.82, 2.24) is 5.43 Å². The van der Waals surface area contributed by atoms with Gasteiger partial charge < -0.3 is 9.47 Å². The molecule has 0 spiro atoms. The fourth-order valence-corrected chi connectivity index (χ4v) is 4.38. The van der Waals surface area contributed by atoms with Gasteiger partial charge in [0.05, 0.1) is 25.3 Å². The smallest absolute Gasteiger partial charge is 0.260 e. The van der Waals surface area contributed by atoms with E-state index in [2.05, 4.69) is 10.5 Å². The third-order valence-corrected chi connectivity index (χ3v) is 6.30. The number of benzene rings is 3. The van der Waals surface area contributed by atoms with Crippen LogP contribution >= 0.6 is 11.6 Å². The highest BCUT2D eigenvalue weighted by molar-refractivity contribution is 7.92. The number of ether oxygens (including phenoxy) is 2. The van der Waals surface area contributed by atoms with Crippen LogP contribution in [0.3, 0.4) is 0 Å². The number of nitrogens with zero attached hydrogens (tertiary/aromatic N) is 2. The molecule has 0 saturated carbocycles. The SMILES string of the molecule is COc1cc(/C=N\NC(=O)CN(c2ccc(Cl)cc2C)S(C)(=O)=O)ccc1OCc1ccccc1. The average Bonchev–Trinajstić information content (AvgIpc) is 2.82. The number of aryl methyl sites for hydroxylation is 1. The molecule has 1 amide bonds. The number of halogens is 1. The summed E-state index contributed by atoms with van der Waals surface area (Å²) in [5, 5.41) is 4.41. The Hall–Kier alpha value is -3.56. The first-order valence-corrected chi connectivity index (χ1v) is 12.8. The van der Waals surface area contributed by atoms with E-state index >= 15 is 0 Å². The van der Waals surface area contributed by atoms with Crippen LogP contribution in [0, 0.1) is 6.92 Å². The number of rotatable bonds is 10. The molecule has 3 rings (SSSR count). The van der Waals surface area contributed by atoms with Crippen LogP contribution in [0.2, 0.25) is 5.02 Å². The molecule has 0 radical (unpaired) electrons. The van der Waals surface area contributed by atoms with Gasteiger partial charge >= 0.3 is 0 Å². The zero-order chi connectivity index (χ0) is 25.4. The number of carbonyl (C=O) groups is 1. The second kappa shape index (κ2) is 11.7. The second-order valence-electron chi connectivity index (χ2n) is 7.68. The Bertz CT molecular complexity index is 1310. The van der Waals surface area contributed by atoms with Gasteiger partial charge in [0.1, 0.15) is 13.2 Å². The van der Waals surface area contributed by atoms with Crippen molar-refractivity contribution < 1.29 is 22.7 Å². The minimum atomic E-state index is -3.72. The Morgan fingerprint density at radius 3 is 2.49 bits per heavy atom. The van der Waals surface area contributed by atoms with Crippen LogP contribution in [0.15, 0.2) is 71.8 Å². The highest BCUT2D eigenvalue weighted by atomic mass is 35.5. The molecule has 3 aromatic rings. The number of hydrogen-bond donors (Lipinski definition) is 1. The quantitative estimate of drug-likeness (QED) is 0.323. The lowest BCUT2D eigenvalue weighted by Crippen LogP contribution is -2.39. The van der Waals surface area contributed by atoms with Crippen molar-refractivity contribution in [3.8, 4) is 11.5 Å². The molecule has 0 aliphatic rings. The van der Waals surface area contributed by atoms with E-state index in [1.807, 2.05) is 30.3 Å². The summed E-state index contributed by atoms with van der Waals surface area (Å²) >= 11 is 5.96. The maximum absolute atomic E-state index is 12.4. The number of amides is 1. The predicted octanol–water partition coefficient (Wildman–Crippen LogP) is 4.15. The van der Waals surface area contributed by atoms with Gasteiger partial charge in [0, 0.05) is 5.02 Å². The van der Waals surface area contributed by atoms with Crippen LogP contribution in [0.4, 0.5) is 5.69 Å². The Morgan fingerprint density at radius 2 is 1.83 bits per heavy atom. The van der Waals surface area contributed by atoms with E-state index in [9.17, 15) is 13.2 Å². The fraction of sp³-hybridized carbons (Fsp3) is 0.200. The molecule has 0 heterocycles. The number of carbonyl (C=O) groups excluding carboxylic acids is 1. The molecule has 0 aromatic heterocycles. The molecular formula is C25H26ClN3O5S. The molecule has 184 valence electrons. The Labute approximate surface area is 210 Å². The van der Waals surface area contributed by atoms with Gasteiger partial charge in [0.2, 0.25) is 10.0 Å². The van der Waals surface area contributed by atoms with E-state index < -0.39 is 22.5 Å². The Balaban J connectivity index is 1.64. The Morgan fingerprint density at radius 1 is 1.09 bits per heavy atom. The standard InChI is InChI=1S/C25H26ClN3O5S/c1-18-13-21(26)10-11-22(18)29(35(3,31)32)16-25(30)28-27-15-20-9-12-23(24(14-20)33-2)34-17-19-7-5-4-6-8-19/h4-15H,16-17H2,1-3H3,(H,28,30)/b27-15-. The number of methoxy groups -OCH3 is 1. The van der Waals surface area contributed by atoms with Gasteiger partial charge in [-0.05, 0) is 60.0 Å². The summed E-state index contributed by atoms with van der Waals surface area (Å²) in [6, 6.07) is 19.7. The summed E-state index contributed by atoms with van der Waals surface area (Å²) < 4.78 is 36.8. The molecular weight excluding hydrogens is 490 g/mol. The van der Waals surface area contributed by atoms with Gasteiger partial charge in [0.25, 0.3) is 5.91 Å². The molecule has 0 saturated heterocycles. The number of hydrazone groups is 1. The highest BCUT2D eigenvalue weighted by Gasteiger charge is 2.22. The van der Waals surface area contributed by atoms with E-state index in [1.165, 1.54) is 13.3 Å². The van der Waals surface area contributed by atoms with Crippen molar-refractivity contribution in [1.29, 1.82) is 0 Å². The summed E-state index contributed by atoms with van der Waals surface area (Å²) in [7, 11) is -2.18. The minimum Gasteiger partial charge on any atom is -0.493 e. The van der Waals surface area contributed by atoms with E-state index in [0.29, 0.717) is 39.9 Å². The predicted molar refractivity (Wildman–Crippen MR) is 138 cm³/mol. The number of hydrogen-bond acceptors (Lipinski definition) is 6. The third-order valence-electron chi connectivity index (χ3n) is 4.94.